The number of ether oxygens (including phenoxy) is 1. The topological polar surface area (TPSA) is 39.9 Å². The van der Waals surface area contributed by atoms with Crippen LogP contribution in [0.4, 0.5) is 0 Å². The lowest BCUT2D eigenvalue weighted by Crippen LogP contribution is -2.01. The molecule has 0 bridgehead atoms. The van der Waals surface area contributed by atoms with Crippen LogP contribution in [0, 0.1) is 13.8 Å². The molecule has 3 rings (SSSR count). The van der Waals surface area contributed by atoms with Crippen molar-refractivity contribution in [3.05, 3.63) is 71.5 Å². The third kappa shape index (κ3) is 3.97. The van der Waals surface area contributed by atoms with Crippen LogP contribution in [-0.2, 0) is 6.42 Å². The molecule has 3 aromatic rings. The van der Waals surface area contributed by atoms with E-state index in [1.165, 1.54) is 5.56 Å². The van der Waals surface area contributed by atoms with Crippen molar-refractivity contribution >= 4 is 0 Å². The second-order valence-corrected chi connectivity index (χ2v) is 5.62. The number of aromatic nitrogens is 3. The first-order valence-corrected chi connectivity index (χ1v) is 7.90. The molecule has 118 valence electrons. The van der Waals surface area contributed by atoms with Crippen LogP contribution < -0.4 is 4.74 Å². The first kappa shape index (κ1) is 15.3. The summed E-state index contributed by atoms with van der Waals surface area (Å²) in [5, 5.41) is 9.08. The van der Waals surface area contributed by atoms with Gasteiger partial charge in [-0.1, -0.05) is 35.9 Å². The predicted molar refractivity (Wildman–Crippen MR) is 91.1 cm³/mol. The van der Waals surface area contributed by atoms with E-state index in [-0.39, 0.29) is 0 Å². The van der Waals surface area contributed by atoms with Gasteiger partial charge in [-0.25, -0.2) is 0 Å². The molecule has 0 atom stereocenters. The van der Waals surface area contributed by atoms with Crippen LogP contribution in [0.25, 0.3) is 5.69 Å². The second kappa shape index (κ2) is 7.09. The van der Waals surface area contributed by atoms with Gasteiger partial charge in [-0.05, 0) is 51.0 Å². The van der Waals surface area contributed by atoms with Crippen LogP contribution in [0.15, 0.2) is 54.6 Å². The van der Waals surface area contributed by atoms with Crippen molar-refractivity contribution in [1.82, 2.24) is 15.0 Å². The number of benzene rings is 2. The van der Waals surface area contributed by atoms with E-state index in [0.717, 1.165) is 35.7 Å². The number of rotatable bonds is 6. The van der Waals surface area contributed by atoms with E-state index in [1.807, 2.05) is 49.4 Å². The number of para-hydroxylation sites is 1. The molecule has 2 aromatic carbocycles. The van der Waals surface area contributed by atoms with Crippen molar-refractivity contribution in [1.29, 1.82) is 0 Å². The summed E-state index contributed by atoms with van der Waals surface area (Å²) in [5.41, 5.74) is 4.23. The van der Waals surface area contributed by atoms with Gasteiger partial charge in [-0.2, -0.15) is 15.0 Å². The fourth-order valence-corrected chi connectivity index (χ4v) is 2.38. The Labute approximate surface area is 136 Å². The fourth-order valence-electron chi connectivity index (χ4n) is 2.38. The zero-order chi connectivity index (χ0) is 16.1. The third-order valence-corrected chi connectivity index (χ3v) is 3.71. The highest BCUT2D eigenvalue weighted by molar-refractivity contribution is 5.29. The Bertz CT molecular complexity index is 748. The van der Waals surface area contributed by atoms with E-state index >= 15 is 0 Å². The zero-order valence-corrected chi connectivity index (χ0v) is 13.6. The van der Waals surface area contributed by atoms with Gasteiger partial charge >= 0.3 is 0 Å². The number of hydrogen-bond acceptors (Lipinski definition) is 3. The quantitative estimate of drug-likeness (QED) is 0.649. The highest BCUT2D eigenvalue weighted by Gasteiger charge is 2.08. The van der Waals surface area contributed by atoms with Crippen molar-refractivity contribution in [2.75, 3.05) is 6.61 Å². The molecule has 0 aliphatic heterocycles. The van der Waals surface area contributed by atoms with Crippen LogP contribution in [0.2, 0.25) is 0 Å². The van der Waals surface area contributed by atoms with Crippen LogP contribution >= 0.6 is 0 Å². The lowest BCUT2D eigenvalue weighted by atomic mass is 10.2. The highest BCUT2D eigenvalue weighted by atomic mass is 16.5. The molecule has 23 heavy (non-hydrogen) atoms. The van der Waals surface area contributed by atoms with Crippen LogP contribution in [0.1, 0.15) is 23.4 Å². The number of nitrogens with zero attached hydrogens (tertiary/aromatic N) is 3. The van der Waals surface area contributed by atoms with Gasteiger partial charge < -0.3 is 4.74 Å². The monoisotopic (exact) mass is 307 g/mol. The molecule has 4 nitrogen and oxygen atoms in total. The van der Waals surface area contributed by atoms with Gasteiger partial charge in [0.25, 0.3) is 0 Å². The molecule has 0 aliphatic rings. The maximum atomic E-state index is 5.76. The average Bonchev–Trinajstić information content (AvgIpc) is 2.95. The van der Waals surface area contributed by atoms with Crippen molar-refractivity contribution in [3.63, 3.8) is 0 Å². The van der Waals surface area contributed by atoms with Gasteiger partial charge in [0.2, 0.25) is 0 Å². The molecule has 0 amide bonds. The van der Waals surface area contributed by atoms with Gasteiger partial charge in [0.15, 0.2) is 0 Å². The molecular formula is C19H21N3O. The van der Waals surface area contributed by atoms with Crippen LogP contribution in [-0.4, -0.2) is 21.6 Å². The molecule has 1 heterocycles. The Kier molecular flexibility index (Phi) is 4.71. The van der Waals surface area contributed by atoms with E-state index in [2.05, 4.69) is 29.3 Å². The van der Waals surface area contributed by atoms with Gasteiger partial charge in [-0.15, -0.1) is 0 Å². The molecule has 0 radical (unpaired) electrons. The summed E-state index contributed by atoms with van der Waals surface area (Å²) < 4.78 is 5.76. The zero-order valence-electron chi connectivity index (χ0n) is 13.6. The van der Waals surface area contributed by atoms with Crippen molar-refractivity contribution in [2.24, 2.45) is 0 Å². The summed E-state index contributed by atoms with van der Waals surface area (Å²) in [7, 11) is 0. The minimum atomic E-state index is 0.681. The summed E-state index contributed by atoms with van der Waals surface area (Å²) in [6.45, 7) is 4.76. The first-order valence-electron chi connectivity index (χ1n) is 7.90. The van der Waals surface area contributed by atoms with E-state index < -0.39 is 0 Å². The largest absolute Gasteiger partial charge is 0.494 e. The van der Waals surface area contributed by atoms with E-state index in [1.54, 1.807) is 4.80 Å². The summed E-state index contributed by atoms with van der Waals surface area (Å²) in [6, 6.07) is 18.1. The first-order chi connectivity index (χ1) is 11.2. The maximum Gasteiger partial charge on any atom is 0.119 e. The lowest BCUT2D eigenvalue weighted by molar-refractivity contribution is 0.310. The fraction of sp³-hybridized carbons (Fsp3) is 0.263. The van der Waals surface area contributed by atoms with Crippen molar-refractivity contribution in [2.45, 2.75) is 26.7 Å². The summed E-state index contributed by atoms with van der Waals surface area (Å²) in [6.07, 6.45) is 1.78. The minimum Gasteiger partial charge on any atom is -0.494 e. The van der Waals surface area contributed by atoms with Gasteiger partial charge in [0, 0.05) is 0 Å². The highest BCUT2D eigenvalue weighted by Crippen LogP contribution is 2.13. The molecule has 1 aromatic heterocycles. The molecule has 0 unspecified atom stereocenters. The molecule has 0 fully saturated rings. The average molecular weight is 307 g/mol. The SMILES string of the molecule is Cc1ccc(OCCCc2nn(-c3ccccc3)nc2C)cc1. The smallest absolute Gasteiger partial charge is 0.119 e. The Morgan fingerprint density at radius 3 is 2.39 bits per heavy atom. The molecule has 0 N–H and O–H groups in total. The van der Waals surface area contributed by atoms with Crippen LogP contribution in [0.5, 0.6) is 5.75 Å². The molecule has 0 aliphatic carbocycles. The summed E-state index contributed by atoms with van der Waals surface area (Å²) >= 11 is 0. The summed E-state index contributed by atoms with van der Waals surface area (Å²) in [5.74, 6) is 0.917. The van der Waals surface area contributed by atoms with Gasteiger partial charge in [-0.3, -0.25) is 0 Å². The molecule has 0 spiro atoms. The molecule has 4 heteroatoms. The van der Waals surface area contributed by atoms with Crippen molar-refractivity contribution in [3.8, 4) is 11.4 Å². The molecular weight excluding hydrogens is 286 g/mol. The maximum absolute atomic E-state index is 5.76. The van der Waals surface area contributed by atoms with E-state index in [0.29, 0.717) is 6.61 Å². The van der Waals surface area contributed by atoms with E-state index in [4.69, 9.17) is 4.74 Å². The normalized spacial score (nSPS) is 10.7. The summed E-state index contributed by atoms with van der Waals surface area (Å²) in [4.78, 5) is 1.70. The van der Waals surface area contributed by atoms with Crippen molar-refractivity contribution < 1.29 is 4.74 Å². The Hall–Kier alpha value is -2.62. The van der Waals surface area contributed by atoms with Gasteiger partial charge in [0.05, 0.1) is 23.7 Å². The Balaban J connectivity index is 1.54. The minimum absolute atomic E-state index is 0.681. The Morgan fingerprint density at radius 2 is 1.65 bits per heavy atom. The van der Waals surface area contributed by atoms with Crippen LogP contribution in [0.3, 0.4) is 0 Å². The molecule has 0 saturated heterocycles. The standard InChI is InChI=1S/C19H21N3O/c1-15-10-12-18(13-11-15)23-14-6-9-19-16(2)20-22(21-19)17-7-4-3-5-8-17/h3-5,7-8,10-13H,6,9,14H2,1-2H3. The van der Waals surface area contributed by atoms with Gasteiger partial charge in [0.1, 0.15) is 5.75 Å². The number of hydrogen-bond donors (Lipinski definition) is 0. The predicted octanol–water partition coefficient (Wildman–Crippen LogP) is 3.90. The third-order valence-electron chi connectivity index (χ3n) is 3.71. The number of aryl methyl sites for hydroxylation is 3. The lowest BCUT2D eigenvalue weighted by Gasteiger charge is -2.05. The molecule has 0 saturated carbocycles. The second-order valence-electron chi connectivity index (χ2n) is 5.62. The Morgan fingerprint density at radius 1 is 0.913 bits per heavy atom. The van der Waals surface area contributed by atoms with E-state index in [9.17, 15) is 0 Å².